The second-order valence-electron chi connectivity index (χ2n) is 7.22. The molecule has 1 aliphatic rings. The molecule has 1 N–H and O–H groups in total. The third-order valence-electron chi connectivity index (χ3n) is 4.91. The zero-order chi connectivity index (χ0) is 20.5. The van der Waals surface area contributed by atoms with Crippen LogP contribution in [0.25, 0.3) is 21.5 Å². The van der Waals surface area contributed by atoms with Gasteiger partial charge in [0.1, 0.15) is 10.0 Å². The van der Waals surface area contributed by atoms with Gasteiger partial charge in [-0.25, -0.2) is 9.18 Å². The molecule has 0 spiro atoms. The van der Waals surface area contributed by atoms with Crippen LogP contribution < -0.4 is 10.2 Å². The van der Waals surface area contributed by atoms with Crippen molar-refractivity contribution in [3.8, 4) is 10.6 Å². The number of anilines is 2. The number of rotatable bonds is 3. The van der Waals surface area contributed by atoms with Crippen molar-refractivity contribution in [2.75, 3.05) is 37.4 Å². The van der Waals surface area contributed by atoms with Gasteiger partial charge in [-0.1, -0.05) is 11.3 Å². The van der Waals surface area contributed by atoms with Crippen LogP contribution in [0.4, 0.5) is 20.7 Å². The summed E-state index contributed by atoms with van der Waals surface area (Å²) in [6, 6.07) is 3.21. The fraction of sp³-hybridized carbons (Fsp3) is 0.421. The van der Waals surface area contributed by atoms with Crippen molar-refractivity contribution >= 4 is 39.8 Å². The highest BCUT2D eigenvalue weighted by molar-refractivity contribution is 7.14. The van der Waals surface area contributed by atoms with Crippen LogP contribution in [0.5, 0.6) is 0 Å². The monoisotopic (exact) mass is 415 g/mol. The van der Waals surface area contributed by atoms with Crippen molar-refractivity contribution in [1.82, 2.24) is 25.3 Å². The summed E-state index contributed by atoms with van der Waals surface area (Å²) in [6.45, 7) is 3.20. The normalized spacial score (nSPS) is 14.3. The van der Waals surface area contributed by atoms with Crippen LogP contribution in [0.1, 0.15) is 24.3 Å². The molecule has 0 aliphatic carbocycles. The molecule has 152 valence electrons. The number of hydrogen-bond acceptors (Lipinski definition) is 7. The van der Waals surface area contributed by atoms with E-state index in [1.807, 2.05) is 32.0 Å². The van der Waals surface area contributed by atoms with E-state index in [1.54, 1.807) is 11.0 Å². The van der Waals surface area contributed by atoms with E-state index >= 15 is 4.39 Å². The standard InChI is InChI=1S/C19H22FN7OS/c1-11-22-25-18(29-11)12-7-8-13-14(16(12)26(2)3)15(20)17(24-23-13)21-19(28)27-9-5-4-6-10-27/h7-8H,4-6,9-10H2,1-3H3,(H,21,24,28). The van der Waals surface area contributed by atoms with Gasteiger partial charge in [0.05, 0.1) is 16.6 Å². The van der Waals surface area contributed by atoms with Crippen LogP contribution in [-0.4, -0.2) is 58.5 Å². The number of likely N-dealkylation sites (tertiary alicyclic amines) is 1. The zero-order valence-corrected chi connectivity index (χ0v) is 17.4. The first kappa shape index (κ1) is 19.4. The summed E-state index contributed by atoms with van der Waals surface area (Å²) < 4.78 is 15.5. The number of hydrogen-bond donors (Lipinski definition) is 1. The maximum Gasteiger partial charge on any atom is 0.323 e. The first-order chi connectivity index (χ1) is 14.0. The average molecular weight is 415 g/mol. The number of carbonyl (C=O) groups excluding carboxylic acids is 1. The van der Waals surface area contributed by atoms with Crippen molar-refractivity contribution in [2.24, 2.45) is 0 Å². The summed E-state index contributed by atoms with van der Waals surface area (Å²) in [4.78, 5) is 16.0. The molecule has 0 bridgehead atoms. The molecule has 0 unspecified atom stereocenters. The van der Waals surface area contributed by atoms with E-state index in [2.05, 4.69) is 25.7 Å². The molecular weight excluding hydrogens is 393 g/mol. The van der Waals surface area contributed by atoms with Crippen LogP contribution in [0, 0.1) is 12.7 Å². The minimum absolute atomic E-state index is 0.165. The summed E-state index contributed by atoms with van der Waals surface area (Å²) in [7, 11) is 3.66. The lowest BCUT2D eigenvalue weighted by Crippen LogP contribution is -2.39. The molecule has 3 heterocycles. The molecule has 4 rings (SSSR count). The molecule has 1 aromatic carbocycles. The molecule has 1 aliphatic heterocycles. The molecule has 10 heteroatoms. The lowest BCUT2D eigenvalue weighted by Gasteiger charge is -2.26. The number of nitrogens with one attached hydrogen (secondary N) is 1. The van der Waals surface area contributed by atoms with Crippen molar-refractivity contribution in [3.05, 3.63) is 23.0 Å². The number of benzene rings is 1. The Kier molecular flexibility index (Phi) is 5.27. The van der Waals surface area contributed by atoms with Gasteiger partial charge < -0.3 is 9.80 Å². The molecule has 1 fully saturated rings. The smallest absolute Gasteiger partial charge is 0.323 e. The number of carbonyl (C=O) groups is 1. The Morgan fingerprint density at radius 1 is 1.14 bits per heavy atom. The number of piperidine rings is 1. The highest BCUT2D eigenvalue weighted by Crippen LogP contribution is 2.39. The minimum Gasteiger partial charge on any atom is -0.376 e. The van der Waals surface area contributed by atoms with Crippen LogP contribution in [-0.2, 0) is 0 Å². The van der Waals surface area contributed by atoms with Gasteiger partial charge in [0.15, 0.2) is 11.6 Å². The maximum atomic E-state index is 15.5. The molecule has 1 saturated heterocycles. The molecule has 8 nitrogen and oxygen atoms in total. The quantitative estimate of drug-likeness (QED) is 0.702. The Labute approximate surface area is 171 Å². The Hall–Kier alpha value is -2.88. The minimum atomic E-state index is -0.604. The summed E-state index contributed by atoms with van der Waals surface area (Å²) in [5.74, 6) is -0.770. The summed E-state index contributed by atoms with van der Waals surface area (Å²) >= 11 is 1.44. The molecule has 0 atom stereocenters. The van der Waals surface area contributed by atoms with Gasteiger partial charge in [-0.3, -0.25) is 5.32 Å². The number of fused-ring (bicyclic) bond motifs is 1. The topological polar surface area (TPSA) is 87.1 Å². The number of aromatic nitrogens is 4. The van der Waals surface area contributed by atoms with Crippen molar-refractivity contribution < 1.29 is 9.18 Å². The average Bonchev–Trinajstić information content (AvgIpc) is 3.16. The van der Waals surface area contributed by atoms with E-state index in [9.17, 15) is 4.79 Å². The Bertz CT molecular complexity index is 1060. The Morgan fingerprint density at radius 3 is 2.55 bits per heavy atom. The molecule has 3 aromatic rings. The van der Waals surface area contributed by atoms with Crippen LogP contribution in [0.3, 0.4) is 0 Å². The van der Waals surface area contributed by atoms with E-state index in [4.69, 9.17) is 0 Å². The van der Waals surface area contributed by atoms with E-state index in [-0.39, 0.29) is 11.8 Å². The van der Waals surface area contributed by atoms with E-state index in [1.165, 1.54) is 11.3 Å². The van der Waals surface area contributed by atoms with Gasteiger partial charge in [-0.05, 0) is 38.3 Å². The summed E-state index contributed by atoms with van der Waals surface area (Å²) in [5, 5.41) is 20.8. The van der Waals surface area contributed by atoms with E-state index in [0.717, 1.165) is 29.8 Å². The van der Waals surface area contributed by atoms with Gasteiger partial charge in [0.2, 0.25) is 0 Å². The second-order valence-corrected chi connectivity index (χ2v) is 8.40. The maximum absolute atomic E-state index is 15.5. The third kappa shape index (κ3) is 3.71. The molecule has 0 saturated carbocycles. The second kappa shape index (κ2) is 7.86. The predicted molar refractivity (Wildman–Crippen MR) is 112 cm³/mol. The molecular formula is C19H22FN7OS. The SMILES string of the molecule is Cc1nnc(-c2ccc3nnc(NC(=O)N4CCCCC4)c(F)c3c2N(C)C)s1. The largest absolute Gasteiger partial charge is 0.376 e. The number of halogens is 1. The summed E-state index contributed by atoms with van der Waals surface area (Å²) in [6.07, 6.45) is 3.01. The predicted octanol–water partition coefficient (Wildman–Crippen LogP) is 3.68. The van der Waals surface area contributed by atoms with Gasteiger partial charge in [-0.15, -0.1) is 20.4 Å². The molecule has 2 amide bonds. The summed E-state index contributed by atoms with van der Waals surface area (Å²) in [5.41, 5.74) is 1.79. The van der Waals surface area contributed by atoms with E-state index < -0.39 is 5.82 Å². The van der Waals surface area contributed by atoms with Gasteiger partial charge in [-0.2, -0.15) is 0 Å². The first-order valence-electron chi connectivity index (χ1n) is 9.48. The number of aryl methyl sites for hydroxylation is 1. The first-order valence-corrected chi connectivity index (χ1v) is 10.3. The Balaban J connectivity index is 1.79. The molecule has 29 heavy (non-hydrogen) atoms. The third-order valence-corrected chi connectivity index (χ3v) is 5.79. The van der Waals surface area contributed by atoms with Gasteiger partial charge in [0, 0.05) is 32.7 Å². The van der Waals surface area contributed by atoms with Crippen LogP contribution >= 0.6 is 11.3 Å². The number of urea groups is 1. The van der Waals surface area contributed by atoms with E-state index in [0.29, 0.717) is 34.7 Å². The Morgan fingerprint density at radius 2 is 1.90 bits per heavy atom. The molecule has 2 aromatic heterocycles. The van der Waals surface area contributed by atoms with Crippen LogP contribution in [0.2, 0.25) is 0 Å². The highest BCUT2D eigenvalue weighted by Gasteiger charge is 2.23. The zero-order valence-electron chi connectivity index (χ0n) is 16.6. The van der Waals surface area contributed by atoms with Gasteiger partial charge >= 0.3 is 6.03 Å². The number of nitrogens with zero attached hydrogens (tertiary/aromatic N) is 6. The van der Waals surface area contributed by atoms with Crippen molar-refractivity contribution in [2.45, 2.75) is 26.2 Å². The number of amides is 2. The lowest BCUT2D eigenvalue weighted by atomic mass is 10.1. The fourth-order valence-electron chi connectivity index (χ4n) is 3.55. The van der Waals surface area contributed by atoms with Crippen LogP contribution in [0.15, 0.2) is 12.1 Å². The fourth-order valence-corrected chi connectivity index (χ4v) is 4.26. The highest BCUT2D eigenvalue weighted by atomic mass is 32.1. The lowest BCUT2D eigenvalue weighted by molar-refractivity contribution is 0.200. The van der Waals surface area contributed by atoms with Crippen molar-refractivity contribution in [3.63, 3.8) is 0 Å². The van der Waals surface area contributed by atoms with Gasteiger partial charge in [0.25, 0.3) is 0 Å². The van der Waals surface area contributed by atoms with Crippen molar-refractivity contribution in [1.29, 1.82) is 0 Å². The molecule has 0 radical (unpaired) electrons.